The fraction of sp³-hybridized carbons (Fsp3) is 0.316. The predicted molar refractivity (Wildman–Crippen MR) is 95.1 cm³/mol. The lowest BCUT2D eigenvalue weighted by molar-refractivity contribution is -0.135. The number of carbonyl (C=O) groups is 1. The Bertz CT molecular complexity index is 809. The Labute approximate surface area is 160 Å². The van der Waals surface area contributed by atoms with E-state index in [9.17, 15) is 18.0 Å². The highest BCUT2D eigenvalue weighted by Gasteiger charge is 2.22. The zero-order valence-electron chi connectivity index (χ0n) is 14.4. The molecule has 0 saturated carbocycles. The number of nitrogens with zero attached hydrogens (tertiary/aromatic N) is 2. The molecule has 0 bridgehead atoms. The molecule has 4 nitrogen and oxygen atoms in total. The fourth-order valence-corrected chi connectivity index (χ4v) is 2.98. The van der Waals surface area contributed by atoms with Crippen LogP contribution in [0.25, 0.3) is 0 Å². The van der Waals surface area contributed by atoms with E-state index in [0.717, 1.165) is 24.2 Å². The lowest BCUT2D eigenvalue weighted by Gasteiger charge is -2.34. The van der Waals surface area contributed by atoms with Gasteiger partial charge < -0.3 is 9.64 Å². The summed E-state index contributed by atoms with van der Waals surface area (Å²) in [6, 6.07) is 9.32. The Morgan fingerprint density at radius 1 is 0.963 bits per heavy atom. The molecule has 1 aliphatic heterocycles. The van der Waals surface area contributed by atoms with Crippen LogP contribution in [0, 0.1) is 17.5 Å². The van der Waals surface area contributed by atoms with E-state index in [2.05, 4.69) is 4.90 Å². The van der Waals surface area contributed by atoms with Crippen molar-refractivity contribution >= 4 is 17.5 Å². The molecule has 144 valence electrons. The van der Waals surface area contributed by atoms with Crippen LogP contribution in [0.3, 0.4) is 0 Å². The van der Waals surface area contributed by atoms with E-state index >= 15 is 0 Å². The summed E-state index contributed by atoms with van der Waals surface area (Å²) in [6.07, 6.45) is 0. The van der Waals surface area contributed by atoms with Crippen LogP contribution < -0.4 is 4.74 Å². The first kappa shape index (κ1) is 19.5. The Hall–Kier alpha value is -2.25. The summed E-state index contributed by atoms with van der Waals surface area (Å²) in [5.41, 5.74) is 1.14. The minimum absolute atomic E-state index is 0.328. The molecule has 1 saturated heterocycles. The van der Waals surface area contributed by atoms with E-state index in [0.29, 0.717) is 31.2 Å². The van der Waals surface area contributed by atoms with Gasteiger partial charge in [-0.3, -0.25) is 9.69 Å². The van der Waals surface area contributed by atoms with Crippen LogP contribution in [0.4, 0.5) is 13.2 Å². The first-order valence-corrected chi connectivity index (χ1v) is 8.82. The SMILES string of the molecule is O=C(COc1ccc(F)c(F)c1F)N1CCN(Cc2ccc(Cl)cc2)CC1. The molecule has 2 aromatic carbocycles. The Morgan fingerprint density at radius 2 is 1.63 bits per heavy atom. The van der Waals surface area contributed by atoms with Crippen molar-refractivity contribution in [1.82, 2.24) is 9.80 Å². The molecule has 0 radical (unpaired) electrons. The Kier molecular flexibility index (Phi) is 6.23. The summed E-state index contributed by atoms with van der Waals surface area (Å²) in [5, 5.41) is 0.687. The molecule has 0 atom stereocenters. The Balaban J connectivity index is 1.47. The second kappa shape index (κ2) is 8.63. The van der Waals surface area contributed by atoms with Crippen LogP contribution in [0.1, 0.15) is 5.56 Å². The van der Waals surface area contributed by atoms with Gasteiger partial charge in [-0.15, -0.1) is 0 Å². The highest BCUT2D eigenvalue weighted by Crippen LogP contribution is 2.22. The molecule has 0 N–H and O–H groups in total. The number of piperazine rings is 1. The van der Waals surface area contributed by atoms with Gasteiger partial charge in [0.25, 0.3) is 5.91 Å². The second-order valence-electron chi connectivity index (χ2n) is 6.25. The molecule has 1 aliphatic rings. The molecule has 0 spiro atoms. The van der Waals surface area contributed by atoms with Crippen LogP contribution in [-0.2, 0) is 11.3 Å². The molecule has 3 rings (SSSR count). The predicted octanol–water partition coefficient (Wildman–Crippen LogP) is 3.48. The van der Waals surface area contributed by atoms with Gasteiger partial charge in [-0.25, -0.2) is 8.78 Å². The number of amides is 1. The van der Waals surface area contributed by atoms with E-state index in [1.807, 2.05) is 24.3 Å². The van der Waals surface area contributed by atoms with E-state index in [1.165, 1.54) is 0 Å². The van der Waals surface area contributed by atoms with Crippen molar-refractivity contribution in [2.45, 2.75) is 6.54 Å². The number of halogens is 4. The number of carbonyl (C=O) groups excluding carboxylic acids is 1. The molecule has 1 amide bonds. The van der Waals surface area contributed by atoms with Gasteiger partial charge in [-0.05, 0) is 29.8 Å². The van der Waals surface area contributed by atoms with Crippen LogP contribution in [0.2, 0.25) is 5.02 Å². The average molecular weight is 399 g/mol. The van der Waals surface area contributed by atoms with Crippen LogP contribution in [-0.4, -0.2) is 48.5 Å². The second-order valence-corrected chi connectivity index (χ2v) is 6.68. The summed E-state index contributed by atoms with van der Waals surface area (Å²) in [6.45, 7) is 2.73. The molecule has 0 unspecified atom stereocenters. The summed E-state index contributed by atoms with van der Waals surface area (Å²) in [4.78, 5) is 16.0. The van der Waals surface area contributed by atoms with Gasteiger partial charge in [0.2, 0.25) is 5.82 Å². The smallest absolute Gasteiger partial charge is 0.260 e. The minimum Gasteiger partial charge on any atom is -0.481 e. The van der Waals surface area contributed by atoms with Crippen molar-refractivity contribution in [3.63, 3.8) is 0 Å². The van der Waals surface area contributed by atoms with Gasteiger partial charge >= 0.3 is 0 Å². The third kappa shape index (κ3) is 4.93. The molecule has 2 aromatic rings. The monoisotopic (exact) mass is 398 g/mol. The summed E-state index contributed by atoms with van der Waals surface area (Å²) >= 11 is 5.88. The normalized spacial score (nSPS) is 15.0. The molecule has 1 heterocycles. The number of rotatable bonds is 5. The van der Waals surface area contributed by atoms with Crippen molar-refractivity contribution in [2.75, 3.05) is 32.8 Å². The molecule has 0 aliphatic carbocycles. The van der Waals surface area contributed by atoms with E-state index < -0.39 is 29.8 Å². The molecule has 27 heavy (non-hydrogen) atoms. The van der Waals surface area contributed by atoms with Gasteiger partial charge in [0.05, 0.1) is 0 Å². The van der Waals surface area contributed by atoms with Crippen LogP contribution >= 0.6 is 11.6 Å². The molecular weight excluding hydrogens is 381 g/mol. The lowest BCUT2D eigenvalue weighted by Crippen LogP contribution is -2.49. The third-order valence-corrected chi connectivity index (χ3v) is 4.65. The summed E-state index contributed by atoms with van der Waals surface area (Å²) in [7, 11) is 0. The Morgan fingerprint density at radius 3 is 2.30 bits per heavy atom. The van der Waals surface area contributed by atoms with Crippen LogP contribution in [0.5, 0.6) is 5.75 Å². The van der Waals surface area contributed by atoms with Crippen molar-refractivity contribution in [2.24, 2.45) is 0 Å². The maximum absolute atomic E-state index is 13.6. The quantitative estimate of drug-likeness (QED) is 0.723. The molecular formula is C19H18ClF3N2O2. The first-order valence-electron chi connectivity index (χ1n) is 8.45. The van der Waals surface area contributed by atoms with Gasteiger partial charge in [0.15, 0.2) is 24.0 Å². The molecule has 8 heteroatoms. The number of hydrogen-bond acceptors (Lipinski definition) is 3. The van der Waals surface area contributed by atoms with Gasteiger partial charge in [0, 0.05) is 37.7 Å². The van der Waals surface area contributed by atoms with Gasteiger partial charge in [-0.1, -0.05) is 23.7 Å². The zero-order valence-corrected chi connectivity index (χ0v) is 15.2. The maximum atomic E-state index is 13.6. The number of hydrogen-bond donors (Lipinski definition) is 0. The fourth-order valence-electron chi connectivity index (χ4n) is 2.85. The first-order chi connectivity index (χ1) is 12.9. The zero-order chi connectivity index (χ0) is 19.4. The number of benzene rings is 2. The summed E-state index contributed by atoms with van der Waals surface area (Å²) < 4.78 is 44.7. The largest absolute Gasteiger partial charge is 0.481 e. The van der Waals surface area contributed by atoms with E-state index in [1.54, 1.807) is 4.90 Å². The summed E-state index contributed by atoms with van der Waals surface area (Å²) in [5.74, 6) is -5.16. The van der Waals surface area contributed by atoms with E-state index in [4.69, 9.17) is 16.3 Å². The molecule has 0 aromatic heterocycles. The van der Waals surface area contributed by atoms with Crippen LogP contribution in [0.15, 0.2) is 36.4 Å². The highest BCUT2D eigenvalue weighted by molar-refractivity contribution is 6.30. The standard InChI is InChI=1S/C19H18ClF3N2O2/c20-14-3-1-13(2-4-14)11-24-7-9-25(10-8-24)17(26)12-27-16-6-5-15(21)18(22)19(16)23/h1-6H,7-12H2. The lowest BCUT2D eigenvalue weighted by atomic mass is 10.2. The maximum Gasteiger partial charge on any atom is 0.260 e. The minimum atomic E-state index is -1.62. The van der Waals surface area contributed by atoms with Crippen molar-refractivity contribution < 1.29 is 22.7 Å². The highest BCUT2D eigenvalue weighted by atomic mass is 35.5. The topological polar surface area (TPSA) is 32.8 Å². The number of ether oxygens (including phenoxy) is 1. The third-order valence-electron chi connectivity index (χ3n) is 4.40. The van der Waals surface area contributed by atoms with Crippen molar-refractivity contribution in [1.29, 1.82) is 0 Å². The van der Waals surface area contributed by atoms with Crippen molar-refractivity contribution in [3.8, 4) is 5.75 Å². The van der Waals surface area contributed by atoms with Crippen molar-refractivity contribution in [3.05, 3.63) is 64.4 Å². The average Bonchev–Trinajstić information content (AvgIpc) is 2.68. The van der Waals surface area contributed by atoms with Gasteiger partial charge in [0.1, 0.15) is 0 Å². The molecule has 1 fully saturated rings. The van der Waals surface area contributed by atoms with E-state index in [-0.39, 0.29) is 5.91 Å². The van der Waals surface area contributed by atoms with Gasteiger partial charge in [-0.2, -0.15) is 4.39 Å².